The van der Waals surface area contributed by atoms with Crippen LogP contribution < -0.4 is 0 Å². The molecule has 1 heteroatoms. The van der Waals surface area contributed by atoms with Crippen molar-refractivity contribution in [2.24, 2.45) is 0 Å². The molecule has 0 saturated carbocycles. The molecule has 200 valence electrons. The van der Waals surface area contributed by atoms with Gasteiger partial charge in [-0.25, -0.2) is 0 Å². The summed E-state index contributed by atoms with van der Waals surface area (Å²) in [6, 6.07) is -22.9. The van der Waals surface area contributed by atoms with E-state index in [1.54, 1.807) is 0 Å². The van der Waals surface area contributed by atoms with Gasteiger partial charge in [0.15, 0.2) is 0 Å². The molecular formula is C42H26O. The Morgan fingerprint density at radius 3 is 1.49 bits per heavy atom. The summed E-state index contributed by atoms with van der Waals surface area (Å²) < 4.78 is 237. The van der Waals surface area contributed by atoms with Crippen molar-refractivity contribution >= 4 is 54.3 Å². The van der Waals surface area contributed by atoms with Gasteiger partial charge in [0.05, 0.1) is 35.6 Å². The van der Waals surface area contributed by atoms with Gasteiger partial charge in [-0.1, -0.05) is 133 Å². The molecule has 9 aromatic rings. The van der Waals surface area contributed by atoms with E-state index in [2.05, 4.69) is 0 Å². The maximum atomic E-state index is 9.66. The lowest BCUT2D eigenvalue weighted by Crippen LogP contribution is -1.90. The smallest absolute Gasteiger partial charge is 0.136 e. The molecule has 0 spiro atoms. The fourth-order valence-electron chi connectivity index (χ4n) is 5.14. The predicted octanol–water partition coefficient (Wildman–Crippen LogP) is 12.0. The highest BCUT2D eigenvalue weighted by Gasteiger charge is 2.18. The van der Waals surface area contributed by atoms with Crippen molar-refractivity contribution in [2.45, 2.75) is 0 Å². The van der Waals surface area contributed by atoms with Crippen molar-refractivity contribution in [1.29, 1.82) is 0 Å². The molecule has 43 heavy (non-hydrogen) atoms. The van der Waals surface area contributed by atoms with Crippen LogP contribution in [-0.2, 0) is 0 Å². The van der Waals surface area contributed by atoms with Gasteiger partial charge in [0, 0.05) is 10.8 Å². The van der Waals surface area contributed by atoms with Crippen molar-refractivity contribution in [1.82, 2.24) is 0 Å². The van der Waals surface area contributed by atoms with E-state index in [1.165, 1.54) is 0 Å². The quantitative estimate of drug-likeness (QED) is 0.192. The van der Waals surface area contributed by atoms with Gasteiger partial charge in [0.2, 0.25) is 0 Å². The number of furan rings is 1. The summed E-state index contributed by atoms with van der Waals surface area (Å²) in [6.45, 7) is 0. The molecule has 0 N–H and O–H groups in total. The maximum absolute atomic E-state index is 9.66. The number of hydrogen-bond acceptors (Lipinski definition) is 1. The van der Waals surface area contributed by atoms with Gasteiger partial charge >= 0.3 is 0 Å². The standard InChI is InChI=1S/C42H26O/c1-2-12-28(13-3-1)41-35-16-6-8-18-37(35)42(38-19-9-7-17-36(38)41)30-22-24-34-33-23-21-29(25-39(33)43-40(34)26-30)32-20-10-14-27-11-4-5-15-31(27)32/h1-26H/i1D,2D,3D,4D,5D,6D,7D,8D,9D,10D,11D,12D,13D,14D,15D,16D,17D,18D,19D,20D,21D,22D,23D,24D,25D,26D. The predicted molar refractivity (Wildman–Crippen MR) is 183 cm³/mol. The fourth-order valence-corrected chi connectivity index (χ4v) is 5.14. The average Bonchev–Trinajstić information content (AvgIpc) is 3.73. The molecular weight excluding hydrogens is 520 g/mol. The summed E-state index contributed by atoms with van der Waals surface area (Å²) in [5, 5.41) is -4.72. The molecule has 0 fully saturated rings. The lowest BCUT2D eigenvalue weighted by molar-refractivity contribution is 0.669. The van der Waals surface area contributed by atoms with E-state index in [0.717, 1.165) is 0 Å². The van der Waals surface area contributed by atoms with Gasteiger partial charge in [0.25, 0.3) is 0 Å². The number of benzene rings is 8. The fraction of sp³-hybridized carbons (Fsp3) is 0. The van der Waals surface area contributed by atoms with Crippen LogP contribution in [0.3, 0.4) is 0 Å². The van der Waals surface area contributed by atoms with Gasteiger partial charge in [-0.15, -0.1) is 0 Å². The maximum Gasteiger partial charge on any atom is 0.136 e. The third kappa shape index (κ3) is 3.72. The van der Waals surface area contributed by atoms with Crippen LogP contribution >= 0.6 is 0 Å². The molecule has 0 unspecified atom stereocenters. The van der Waals surface area contributed by atoms with Crippen LogP contribution in [0.1, 0.15) is 35.6 Å². The van der Waals surface area contributed by atoms with Crippen molar-refractivity contribution in [3.8, 4) is 33.4 Å². The van der Waals surface area contributed by atoms with E-state index in [0.29, 0.717) is 0 Å². The molecule has 9 rings (SSSR count). The van der Waals surface area contributed by atoms with Crippen LogP contribution in [-0.4, -0.2) is 0 Å². The molecule has 0 aliphatic carbocycles. The van der Waals surface area contributed by atoms with Crippen molar-refractivity contribution in [2.75, 3.05) is 0 Å². The monoisotopic (exact) mass is 572 g/mol. The molecule has 8 aromatic carbocycles. The highest BCUT2D eigenvalue weighted by molar-refractivity contribution is 6.22. The molecule has 1 aromatic heterocycles. The van der Waals surface area contributed by atoms with Crippen LogP contribution in [0.5, 0.6) is 0 Å². The first kappa shape index (κ1) is 9.69. The van der Waals surface area contributed by atoms with Crippen LogP contribution in [0.25, 0.3) is 87.6 Å². The zero-order chi connectivity index (χ0) is 51.0. The summed E-state index contributed by atoms with van der Waals surface area (Å²) >= 11 is 0. The highest BCUT2D eigenvalue weighted by Crippen LogP contribution is 2.44. The summed E-state index contributed by atoms with van der Waals surface area (Å²) in [4.78, 5) is 0. The average molecular weight is 573 g/mol. The summed E-state index contributed by atoms with van der Waals surface area (Å²) in [5.41, 5.74) is -5.41. The lowest BCUT2D eigenvalue weighted by Gasteiger charge is -2.17. The third-order valence-electron chi connectivity index (χ3n) is 6.95. The van der Waals surface area contributed by atoms with E-state index in [-0.39, 0.29) is 0 Å². The molecule has 1 nitrogen and oxygen atoms in total. The second-order valence-corrected chi connectivity index (χ2v) is 9.26. The second-order valence-electron chi connectivity index (χ2n) is 9.26. The first-order valence-corrected chi connectivity index (χ1v) is 12.7. The van der Waals surface area contributed by atoms with Crippen LogP contribution in [0.2, 0.25) is 0 Å². The van der Waals surface area contributed by atoms with E-state index in [4.69, 9.17) is 27.7 Å². The third-order valence-corrected chi connectivity index (χ3v) is 6.95. The largest absolute Gasteiger partial charge is 0.456 e. The van der Waals surface area contributed by atoms with Crippen LogP contribution in [0.4, 0.5) is 0 Å². The van der Waals surface area contributed by atoms with Crippen LogP contribution in [0.15, 0.2) is 162 Å². The van der Waals surface area contributed by atoms with Gasteiger partial charge in [0.1, 0.15) is 11.2 Å². The van der Waals surface area contributed by atoms with Crippen LogP contribution in [0, 0.1) is 0 Å². The van der Waals surface area contributed by atoms with E-state index in [1.807, 2.05) is 0 Å². The second kappa shape index (κ2) is 9.44. The summed E-state index contributed by atoms with van der Waals surface area (Å²) in [6.07, 6.45) is 0. The van der Waals surface area contributed by atoms with Crippen molar-refractivity contribution in [3.05, 3.63) is 157 Å². The Morgan fingerprint density at radius 1 is 0.349 bits per heavy atom. The number of fused-ring (bicyclic) bond motifs is 6. The number of rotatable bonds is 3. The lowest BCUT2D eigenvalue weighted by atomic mass is 9.86. The Hall–Kier alpha value is -5.66. The van der Waals surface area contributed by atoms with Crippen molar-refractivity contribution in [3.63, 3.8) is 0 Å². The minimum atomic E-state index is -0.963. The minimum absolute atomic E-state index is 0.502. The SMILES string of the molecule is [2H]c1c([2H])c([2H])c(-c2c3c([2H])c([2H])c([2H])c([2H])c3c(-c3c([2H])c([2H])c4c(oc5c([2H])c(-c6c([2H])c([2H])c([2H])c7c([2H])c([2H])c([2H])c([2H])c67)c([2H])c([2H])c54)c3[2H])c3c([2H])c([2H])c([2H])c([2H])c23)c([2H])c1[2H]. The first-order chi connectivity index (χ1) is 32.2. The molecule has 0 aliphatic rings. The Labute approximate surface area is 285 Å². The van der Waals surface area contributed by atoms with Gasteiger partial charge in [-0.05, 0) is 89.9 Å². The van der Waals surface area contributed by atoms with Gasteiger partial charge in [-0.2, -0.15) is 0 Å². The highest BCUT2D eigenvalue weighted by atomic mass is 16.3. The molecule has 0 bridgehead atoms. The summed E-state index contributed by atoms with van der Waals surface area (Å²) in [7, 11) is 0. The Bertz CT molecular complexity index is 3850. The van der Waals surface area contributed by atoms with E-state index in [9.17, 15) is 12.3 Å². The molecule has 1 heterocycles. The summed E-state index contributed by atoms with van der Waals surface area (Å²) in [5.74, 6) is 0. The Morgan fingerprint density at radius 2 is 0.837 bits per heavy atom. The van der Waals surface area contributed by atoms with Gasteiger partial charge in [-0.3, -0.25) is 0 Å². The van der Waals surface area contributed by atoms with E-state index < -0.39 is 245 Å². The minimum Gasteiger partial charge on any atom is -0.456 e. The normalized spacial score (nSPS) is 20.2. The topological polar surface area (TPSA) is 13.1 Å². The number of hydrogen-bond donors (Lipinski definition) is 0. The molecule has 0 atom stereocenters. The molecule has 0 saturated heterocycles. The zero-order valence-electron chi connectivity index (χ0n) is 47.4. The Kier molecular flexibility index (Phi) is 2.13. The molecule has 0 aliphatic heterocycles. The molecule has 0 amide bonds. The van der Waals surface area contributed by atoms with Gasteiger partial charge < -0.3 is 4.42 Å². The van der Waals surface area contributed by atoms with Crippen molar-refractivity contribution < 1.29 is 40.1 Å². The molecule has 0 radical (unpaired) electrons. The first-order valence-electron chi connectivity index (χ1n) is 25.7. The van der Waals surface area contributed by atoms with E-state index >= 15 is 0 Å². The Balaban J connectivity index is 1.53. The zero-order valence-corrected chi connectivity index (χ0v) is 21.4.